The normalized spacial score (nSPS) is 11.0. The molecule has 3 N–H and O–H groups in total. The Labute approximate surface area is 158 Å². The van der Waals surface area contributed by atoms with Gasteiger partial charge in [0.05, 0.1) is 17.6 Å². The van der Waals surface area contributed by atoms with Gasteiger partial charge in [-0.05, 0) is 12.5 Å². The second kappa shape index (κ2) is 9.76. The number of carbonyl (C=O) groups excluding carboxylic acids is 2. The molecule has 0 spiro atoms. The number of phenolic OH excluding ortho intramolecular Hbond substituents is 1. The van der Waals surface area contributed by atoms with Crippen molar-refractivity contribution in [3.05, 3.63) is 27.3 Å². The smallest absolute Gasteiger partial charge is 0.417 e. The molecule has 0 saturated heterocycles. The number of methoxy groups -OCH3 is 1. The number of nitro benzene ring substituents is 1. The Hall–Kier alpha value is -3.05. The Morgan fingerprint density at radius 1 is 1.29 bits per heavy atom. The number of benzene rings is 1. The second-order valence-corrected chi connectivity index (χ2v) is 5.72. The number of rotatable bonds is 8. The van der Waals surface area contributed by atoms with Gasteiger partial charge in [-0.15, -0.1) is 0 Å². The van der Waals surface area contributed by atoms with Crippen LogP contribution in [0.4, 0.5) is 23.7 Å². The van der Waals surface area contributed by atoms with E-state index in [1.54, 1.807) is 5.32 Å². The highest BCUT2D eigenvalue weighted by atomic mass is 19.4. The van der Waals surface area contributed by atoms with Crippen LogP contribution in [0.5, 0.6) is 11.5 Å². The van der Waals surface area contributed by atoms with Crippen molar-refractivity contribution in [3.63, 3.8) is 0 Å². The van der Waals surface area contributed by atoms with E-state index in [4.69, 9.17) is 0 Å². The molecule has 0 aromatic heterocycles. The number of unbranched alkanes of at least 4 members (excludes halogenated alkanes) is 3. The molecule has 0 aliphatic heterocycles. The number of nitrogens with one attached hydrogen (secondary N) is 2. The van der Waals surface area contributed by atoms with Crippen LogP contribution >= 0.6 is 0 Å². The van der Waals surface area contributed by atoms with Crippen molar-refractivity contribution < 1.29 is 37.5 Å². The molecule has 0 fully saturated rings. The molecule has 0 aliphatic carbocycles. The summed E-state index contributed by atoms with van der Waals surface area (Å²) in [5.41, 5.74) is -4.72. The highest BCUT2D eigenvalue weighted by molar-refractivity contribution is 6.08. The van der Waals surface area contributed by atoms with Gasteiger partial charge < -0.3 is 15.2 Å². The van der Waals surface area contributed by atoms with Crippen molar-refractivity contribution >= 4 is 17.6 Å². The number of amides is 3. The van der Waals surface area contributed by atoms with Gasteiger partial charge >= 0.3 is 17.9 Å². The van der Waals surface area contributed by atoms with E-state index in [1.807, 2.05) is 6.92 Å². The zero-order valence-corrected chi connectivity index (χ0v) is 15.2. The van der Waals surface area contributed by atoms with E-state index in [1.165, 1.54) is 0 Å². The number of alkyl halides is 3. The SMILES string of the molecule is CCCCCCNC(=O)NC(=O)c1c(C(F)(F)F)cc(OC)c(O)c1[N+](=O)[O-]. The molecule has 0 heterocycles. The van der Waals surface area contributed by atoms with Crippen LogP contribution in [0.1, 0.15) is 48.5 Å². The zero-order valence-electron chi connectivity index (χ0n) is 15.2. The number of ether oxygens (including phenoxy) is 1. The van der Waals surface area contributed by atoms with Crippen LogP contribution < -0.4 is 15.4 Å². The third-order valence-electron chi connectivity index (χ3n) is 3.72. The highest BCUT2D eigenvalue weighted by Gasteiger charge is 2.43. The molecule has 9 nitrogen and oxygen atoms in total. The number of phenols is 1. The summed E-state index contributed by atoms with van der Waals surface area (Å²) in [6.45, 7) is 2.15. The lowest BCUT2D eigenvalue weighted by Crippen LogP contribution is -2.40. The van der Waals surface area contributed by atoms with E-state index < -0.39 is 51.4 Å². The first-order chi connectivity index (χ1) is 13.0. The number of hydrogen-bond donors (Lipinski definition) is 3. The quantitative estimate of drug-likeness (QED) is 0.344. The van der Waals surface area contributed by atoms with Gasteiger partial charge in [0.1, 0.15) is 5.56 Å². The lowest BCUT2D eigenvalue weighted by molar-refractivity contribution is -0.386. The third-order valence-corrected chi connectivity index (χ3v) is 3.72. The van der Waals surface area contributed by atoms with Crippen molar-refractivity contribution in [2.45, 2.75) is 38.8 Å². The van der Waals surface area contributed by atoms with Gasteiger partial charge in [0, 0.05) is 6.54 Å². The molecule has 12 heteroatoms. The van der Waals surface area contributed by atoms with Crippen LogP contribution in [0.3, 0.4) is 0 Å². The minimum atomic E-state index is -5.19. The summed E-state index contributed by atoms with van der Waals surface area (Å²) in [5.74, 6) is -3.77. The Morgan fingerprint density at radius 3 is 2.43 bits per heavy atom. The predicted octanol–water partition coefficient (Wildman–Crippen LogP) is 3.35. The molecule has 0 aliphatic rings. The van der Waals surface area contributed by atoms with Gasteiger partial charge in [-0.25, -0.2) is 4.79 Å². The van der Waals surface area contributed by atoms with E-state index in [-0.39, 0.29) is 12.6 Å². The van der Waals surface area contributed by atoms with Gasteiger partial charge in [0.25, 0.3) is 5.91 Å². The minimum Gasteiger partial charge on any atom is -0.499 e. The summed E-state index contributed by atoms with van der Waals surface area (Å²) >= 11 is 0. The summed E-state index contributed by atoms with van der Waals surface area (Å²) < 4.78 is 44.5. The summed E-state index contributed by atoms with van der Waals surface area (Å²) in [6.07, 6.45) is -1.91. The molecule has 1 aromatic carbocycles. The molecular weight excluding hydrogens is 387 g/mol. The third kappa shape index (κ3) is 5.72. The van der Waals surface area contributed by atoms with Crippen LogP contribution in [-0.4, -0.2) is 35.6 Å². The molecule has 0 atom stereocenters. The number of aromatic hydroxyl groups is 1. The first-order valence-electron chi connectivity index (χ1n) is 8.29. The Kier molecular flexibility index (Phi) is 8.01. The number of imide groups is 1. The van der Waals surface area contributed by atoms with Crippen molar-refractivity contribution in [2.24, 2.45) is 0 Å². The van der Waals surface area contributed by atoms with Gasteiger partial charge in [-0.2, -0.15) is 13.2 Å². The molecule has 1 aromatic rings. The van der Waals surface area contributed by atoms with Crippen LogP contribution in [-0.2, 0) is 6.18 Å². The topological polar surface area (TPSA) is 131 Å². The number of nitrogens with zero attached hydrogens (tertiary/aromatic N) is 1. The number of nitro groups is 1. The first kappa shape index (κ1) is 23.0. The molecule has 0 bridgehead atoms. The number of hydrogen-bond acceptors (Lipinski definition) is 6. The van der Waals surface area contributed by atoms with Crippen LogP contribution in [0.15, 0.2) is 6.07 Å². The maximum atomic E-state index is 13.3. The highest BCUT2D eigenvalue weighted by Crippen LogP contribution is 2.45. The average molecular weight is 407 g/mol. The first-order valence-corrected chi connectivity index (χ1v) is 8.29. The fourth-order valence-corrected chi connectivity index (χ4v) is 2.38. The van der Waals surface area contributed by atoms with Crippen molar-refractivity contribution in [1.29, 1.82) is 0 Å². The number of carbonyl (C=O) groups is 2. The fraction of sp³-hybridized carbons (Fsp3) is 0.500. The monoisotopic (exact) mass is 407 g/mol. The average Bonchev–Trinajstić information content (AvgIpc) is 2.59. The van der Waals surface area contributed by atoms with Crippen LogP contribution in [0.25, 0.3) is 0 Å². The lowest BCUT2D eigenvalue weighted by Gasteiger charge is -2.15. The summed E-state index contributed by atoms with van der Waals surface area (Å²) in [4.78, 5) is 33.8. The number of urea groups is 1. The maximum absolute atomic E-state index is 13.3. The molecule has 0 unspecified atom stereocenters. The fourth-order valence-electron chi connectivity index (χ4n) is 2.38. The maximum Gasteiger partial charge on any atom is 0.417 e. The van der Waals surface area contributed by atoms with Crippen LogP contribution in [0.2, 0.25) is 0 Å². The van der Waals surface area contributed by atoms with E-state index >= 15 is 0 Å². The Balaban J connectivity index is 3.20. The van der Waals surface area contributed by atoms with E-state index in [0.717, 1.165) is 26.4 Å². The van der Waals surface area contributed by atoms with Gasteiger partial charge in [-0.1, -0.05) is 26.2 Å². The summed E-state index contributed by atoms with van der Waals surface area (Å²) in [6, 6.07) is -0.862. The Bertz CT molecular complexity index is 752. The second-order valence-electron chi connectivity index (χ2n) is 5.72. The van der Waals surface area contributed by atoms with Crippen molar-refractivity contribution in [2.75, 3.05) is 13.7 Å². The molecule has 0 radical (unpaired) electrons. The van der Waals surface area contributed by atoms with E-state index in [9.17, 15) is 38.0 Å². The molecule has 156 valence electrons. The molecule has 28 heavy (non-hydrogen) atoms. The molecule has 3 amide bonds. The standard InChI is InChI=1S/C16H20F3N3O6/c1-3-4-5-6-7-20-15(25)21-14(24)11-9(16(17,18)19)8-10(28-2)13(23)12(11)22(26)27/h8,23H,3-7H2,1-2H3,(H2,20,21,24,25). The van der Waals surface area contributed by atoms with Crippen molar-refractivity contribution in [3.8, 4) is 11.5 Å². The van der Waals surface area contributed by atoms with Gasteiger partial charge in [-0.3, -0.25) is 20.2 Å². The number of halogens is 3. The minimum absolute atomic E-state index is 0.168. The molecule has 0 saturated carbocycles. The van der Waals surface area contributed by atoms with Gasteiger partial charge in [0.2, 0.25) is 5.75 Å². The summed E-state index contributed by atoms with van der Waals surface area (Å²) in [7, 11) is 0.894. The summed E-state index contributed by atoms with van der Waals surface area (Å²) in [5, 5.41) is 24.9. The molecule has 1 rings (SSSR count). The van der Waals surface area contributed by atoms with Crippen LogP contribution in [0, 0.1) is 10.1 Å². The van der Waals surface area contributed by atoms with Gasteiger partial charge in [0.15, 0.2) is 5.75 Å². The van der Waals surface area contributed by atoms with E-state index in [0.29, 0.717) is 6.42 Å². The van der Waals surface area contributed by atoms with E-state index in [2.05, 4.69) is 10.1 Å². The largest absolute Gasteiger partial charge is 0.499 e. The van der Waals surface area contributed by atoms with Crippen molar-refractivity contribution in [1.82, 2.24) is 10.6 Å². The lowest BCUT2D eigenvalue weighted by atomic mass is 10.0. The Morgan fingerprint density at radius 2 is 1.93 bits per heavy atom. The molecular formula is C16H20F3N3O6. The predicted molar refractivity (Wildman–Crippen MR) is 91.3 cm³/mol. The zero-order chi connectivity index (χ0) is 21.5.